The molecule has 0 aliphatic heterocycles. The van der Waals surface area contributed by atoms with Crippen LogP contribution in [0.5, 0.6) is 11.5 Å². The van der Waals surface area contributed by atoms with Crippen LogP contribution < -0.4 is 20.1 Å². The Hall–Kier alpha value is -3.07. The lowest BCUT2D eigenvalue weighted by molar-refractivity contribution is 0.0937. The van der Waals surface area contributed by atoms with Crippen molar-refractivity contribution in [1.82, 2.24) is 5.32 Å². The van der Waals surface area contributed by atoms with Gasteiger partial charge in [0.25, 0.3) is 11.8 Å². The quantitative estimate of drug-likeness (QED) is 0.810. The molecule has 0 spiro atoms. The summed E-state index contributed by atoms with van der Waals surface area (Å²) < 4.78 is 14.8. The normalized spacial score (nSPS) is 10.1. The van der Waals surface area contributed by atoms with Crippen LogP contribution in [0.1, 0.15) is 31.2 Å². The van der Waals surface area contributed by atoms with E-state index in [2.05, 4.69) is 15.4 Å². The average Bonchev–Trinajstić information content (AvgIpc) is 2.94. The number of rotatable bonds is 5. The number of carbonyl (C=O) groups is 3. The van der Waals surface area contributed by atoms with Gasteiger partial charge in [0, 0.05) is 16.5 Å². The van der Waals surface area contributed by atoms with Gasteiger partial charge in [-0.3, -0.25) is 14.9 Å². The first-order valence-electron chi connectivity index (χ1n) is 7.84. The molecule has 2 aromatic rings. The van der Waals surface area contributed by atoms with Crippen molar-refractivity contribution in [3.05, 3.63) is 39.8 Å². The second-order valence-corrected chi connectivity index (χ2v) is 6.71. The Bertz CT molecular complexity index is 868. The molecule has 144 valence electrons. The van der Waals surface area contributed by atoms with E-state index in [1.807, 2.05) is 6.92 Å². The van der Waals surface area contributed by atoms with Gasteiger partial charge in [-0.15, -0.1) is 11.3 Å². The zero-order valence-electron chi connectivity index (χ0n) is 15.6. The van der Waals surface area contributed by atoms with Crippen LogP contribution in [0.25, 0.3) is 0 Å². The van der Waals surface area contributed by atoms with Gasteiger partial charge in [0.2, 0.25) is 0 Å². The van der Waals surface area contributed by atoms with Crippen molar-refractivity contribution < 1.29 is 28.6 Å². The highest BCUT2D eigenvalue weighted by Crippen LogP contribution is 2.33. The van der Waals surface area contributed by atoms with Crippen molar-refractivity contribution in [2.24, 2.45) is 0 Å². The molecule has 0 saturated heterocycles. The Balaban J connectivity index is 2.35. The molecule has 2 N–H and O–H groups in total. The van der Waals surface area contributed by atoms with E-state index in [1.54, 1.807) is 25.1 Å². The third kappa shape index (κ3) is 4.56. The number of hydrogen-bond donors (Lipinski definition) is 2. The Labute approximate surface area is 160 Å². The smallest absolute Gasteiger partial charge is 0.413 e. The van der Waals surface area contributed by atoms with Crippen LogP contribution in [-0.2, 0) is 4.74 Å². The van der Waals surface area contributed by atoms with Gasteiger partial charge in [-0.05, 0) is 31.5 Å². The van der Waals surface area contributed by atoms with Crippen LogP contribution in [0.4, 0.5) is 9.80 Å². The van der Waals surface area contributed by atoms with Crippen molar-refractivity contribution in [3.63, 3.8) is 0 Å². The minimum atomic E-state index is -0.877. The Kier molecular flexibility index (Phi) is 6.40. The van der Waals surface area contributed by atoms with E-state index in [4.69, 9.17) is 9.47 Å². The molecule has 9 heteroatoms. The van der Waals surface area contributed by atoms with E-state index in [9.17, 15) is 14.4 Å². The van der Waals surface area contributed by atoms with E-state index >= 15 is 0 Å². The van der Waals surface area contributed by atoms with Crippen LogP contribution in [0, 0.1) is 13.8 Å². The predicted molar refractivity (Wildman–Crippen MR) is 101 cm³/mol. The van der Waals surface area contributed by atoms with Gasteiger partial charge in [0.1, 0.15) is 16.5 Å². The van der Waals surface area contributed by atoms with Crippen molar-refractivity contribution in [2.45, 2.75) is 13.8 Å². The summed E-state index contributed by atoms with van der Waals surface area (Å²) in [5, 5.41) is 5.16. The summed E-state index contributed by atoms with van der Waals surface area (Å²) in [7, 11) is 4.13. The zero-order chi connectivity index (χ0) is 20.1. The molecule has 0 fully saturated rings. The third-order valence-electron chi connectivity index (χ3n) is 3.85. The molecule has 0 atom stereocenters. The van der Waals surface area contributed by atoms with Gasteiger partial charge in [0.15, 0.2) is 0 Å². The summed E-state index contributed by atoms with van der Waals surface area (Å²) in [4.78, 5) is 37.3. The SMILES string of the molecule is COC(=O)NC(=O)c1c(NC(=O)c2cc(OC)cc(OC)c2)sc(C)c1C. The molecular formula is C18H20N2O6S. The zero-order valence-corrected chi connectivity index (χ0v) is 16.4. The van der Waals surface area contributed by atoms with Crippen LogP contribution in [-0.4, -0.2) is 39.2 Å². The summed E-state index contributed by atoms with van der Waals surface area (Å²) in [6, 6.07) is 4.75. The highest BCUT2D eigenvalue weighted by Gasteiger charge is 2.23. The van der Waals surface area contributed by atoms with E-state index in [-0.39, 0.29) is 5.56 Å². The second-order valence-electron chi connectivity index (χ2n) is 5.49. The van der Waals surface area contributed by atoms with Crippen LogP contribution in [0.3, 0.4) is 0 Å². The predicted octanol–water partition coefficient (Wildman–Crippen LogP) is 3.13. The first-order chi connectivity index (χ1) is 12.8. The molecule has 1 aromatic carbocycles. The topological polar surface area (TPSA) is 103 Å². The van der Waals surface area contributed by atoms with Crippen molar-refractivity contribution in [3.8, 4) is 11.5 Å². The number of ether oxygens (including phenoxy) is 3. The highest BCUT2D eigenvalue weighted by atomic mass is 32.1. The largest absolute Gasteiger partial charge is 0.497 e. The monoisotopic (exact) mass is 392 g/mol. The number of carbonyl (C=O) groups excluding carboxylic acids is 3. The van der Waals surface area contributed by atoms with E-state index in [0.29, 0.717) is 27.6 Å². The van der Waals surface area contributed by atoms with Crippen LogP contribution in [0.2, 0.25) is 0 Å². The third-order valence-corrected chi connectivity index (χ3v) is 4.98. The fraction of sp³-hybridized carbons (Fsp3) is 0.278. The molecule has 1 aromatic heterocycles. The van der Waals surface area contributed by atoms with E-state index in [0.717, 1.165) is 12.0 Å². The maximum atomic E-state index is 12.7. The summed E-state index contributed by atoms with van der Waals surface area (Å²) in [6.45, 7) is 3.56. The minimum Gasteiger partial charge on any atom is -0.497 e. The first-order valence-corrected chi connectivity index (χ1v) is 8.66. The van der Waals surface area contributed by atoms with Crippen molar-refractivity contribution in [2.75, 3.05) is 26.6 Å². The number of thiophene rings is 1. The molecule has 0 bridgehead atoms. The maximum absolute atomic E-state index is 12.7. The number of hydrogen-bond acceptors (Lipinski definition) is 7. The van der Waals surface area contributed by atoms with Crippen molar-refractivity contribution >= 4 is 34.2 Å². The van der Waals surface area contributed by atoms with Gasteiger partial charge < -0.3 is 19.5 Å². The molecule has 3 amide bonds. The molecular weight excluding hydrogens is 372 g/mol. The van der Waals surface area contributed by atoms with Gasteiger partial charge in [-0.25, -0.2) is 4.79 Å². The van der Waals surface area contributed by atoms with Crippen LogP contribution >= 0.6 is 11.3 Å². The molecule has 27 heavy (non-hydrogen) atoms. The molecule has 1 heterocycles. The molecule has 0 radical (unpaired) electrons. The molecule has 8 nitrogen and oxygen atoms in total. The van der Waals surface area contributed by atoms with Gasteiger partial charge in [0.05, 0.1) is 26.9 Å². The Morgan fingerprint density at radius 1 is 0.926 bits per heavy atom. The maximum Gasteiger partial charge on any atom is 0.413 e. The molecule has 0 unspecified atom stereocenters. The molecule has 2 rings (SSSR count). The number of nitrogens with one attached hydrogen (secondary N) is 2. The van der Waals surface area contributed by atoms with Gasteiger partial charge >= 0.3 is 6.09 Å². The Morgan fingerprint density at radius 2 is 1.52 bits per heavy atom. The fourth-order valence-electron chi connectivity index (χ4n) is 2.31. The Morgan fingerprint density at radius 3 is 2.04 bits per heavy atom. The van der Waals surface area contributed by atoms with Crippen molar-refractivity contribution in [1.29, 1.82) is 0 Å². The molecule has 0 aliphatic carbocycles. The van der Waals surface area contributed by atoms with Gasteiger partial charge in [-0.1, -0.05) is 0 Å². The molecule has 0 saturated carbocycles. The van der Waals surface area contributed by atoms with E-state index in [1.165, 1.54) is 25.6 Å². The second kappa shape index (κ2) is 8.54. The minimum absolute atomic E-state index is 0.214. The average molecular weight is 392 g/mol. The number of benzene rings is 1. The van der Waals surface area contributed by atoms with Gasteiger partial charge in [-0.2, -0.15) is 0 Å². The molecule has 0 aliphatic rings. The number of amides is 3. The lowest BCUT2D eigenvalue weighted by atomic mass is 10.1. The summed E-state index contributed by atoms with van der Waals surface area (Å²) >= 11 is 1.24. The number of imide groups is 1. The number of anilines is 1. The summed E-state index contributed by atoms with van der Waals surface area (Å²) in [5.41, 5.74) is 1.18. The lowest BCUT2D eigenvalue weighted by Crippen LogP contribution is -2.31. The number of alkyl carbamates (subject to hydrolysis) is 1. The van der Waals surface area contributed by atoms with E-state index < -0.39 is 17.9 Å². The lowest BCUT2D eigenvalue weighted by Gasteiger charge is -2.10. The number of aryl methyl sites for hydroxylation is 1. The van der Waals surface area contributed by atoms with Crippen LogP contribution in [0.15, 0.2) is 18.2 Å². The highest BCUT2D eigenvalue weighted by molar-refractivity contribution is 7.16. The fourth-order valence-corrected chi connectivity index (χ4v) is 3.36. The number of methoxy groups -OCH3 is 3. The standard InChI is InChI=1S/C18H20N2O6S/c1-9-10(2)27-17(14(9)16(22)20-18(23)26-5)19-15(21)11-6-12(24-3)8-13(7-11)25-4/h6-8H,1-5H3,(H,19,21)(H,20,22,23). The summed E-state index contributed by atoms with van der Waals surface area (Å²) in [5.74, 6) is -0.175. The first kappa shape index (κ1) is 20.2. The summed E-state index contributed by atoms with van der Waals surface area (Å²) in [6.07, 6.45) is -0.877.